The lowest BCUT2D eigenvalue weighted by Crippen LogP contribution is -2.62. The van der Waals surface area contributed by atoms with Crippen molar-refractivity contribution in [2.24, 2.45) is 5.73 Å². The van der Waals surface area contributed by atoms with Crippen LogP contribution in [0.15, 0.2) is 0 Å². The molecule has 2 heterocycles. The van der Waals surface area contributed by atoms with Crippen LogP contribution >= 0.6 is 0 Å². The Labute approximate surface area is 105 Å². The summed E-state index contributed by atoms with van der Waals surface area (Å²) < 4.78 is 0. The van der Waals surface area contributed by atoms with Crippen LogP contribution in [0.3, 0.4) is 0 Å². The van der Waals surface area contributed by atoms with Crippen LogP contribution in [0, 0.1) is 5.41 Å². The van der Waals surface area contributed by atoms with E-state index in [0.29, 0.717) is 17.9 Å². The number of nitrogens with zero attached hydrogens (tertiary/aromatic N) is 2. The summed E-state index contributed by atoms with van der Waals surface area (Å²) >= 11 is 0. The van der Waals surface area contributed by atoms with Gasteiger partial charge in [0.2, 0.25) is 0 Å². The fourth-order valence-corrected chi connectivity index (χ4v) is 3.44. The smallest absolute Gasteiger partial charge is 0.108 e. The highest BCUT2D eigenvalue weighted by Gasteiger charge is 2.36. The van der Waals surface area contributed by atoms with Gasteiger partial charge >= 0.3 is 0 Å². The van der Waals surface area contributed by atoms with Crippen LogP contribution in [0.1, 0.15) is 39.5 Å². The highest BCUT2D eigenvalue weighted by atomic mass is 15.3. The molecule has 4 heteroatoms. The molecule has 2 rings (SSSR count). The third-order valence-electron chi connectivity index (χ3n) is 4.38. The second-order valence-corrected chi connectivity index (χ2v) is 5.57. The first-order valence-corrected chi connectivity index (χ1v) is 6.97. The molecular formula is C13H26N4. The van der Waals surface area contributed by atoms with Gasteiger partial charge in [0.05, 0.1) is 6.04 Å². The first kappa shape index (κ1) is 12.8. The molecule has 3 N–H and O–H groups in total. The fraction of sp³-hybridized carbons (Fsp3) is 0.923. The Morgan fingerprint density at radius 1 is 1.41 bits per heavy atom. The molecule has 0 radical (unpaired) electrons. The van der Waals surface area contributed by atoms with Crippen molar-refractivity contribution in [3.05, 3.63) is 0 Å². The molecule has 0 aromatic rings. The first-order valence-electron chi connectivity index (χ1n) is 6.97. The topological polar surface area (TPSA) is 56.4 Å². The normalized spacial score (nSPS) is 33.1. The van der Waals surface area contributed by atoms with E-state index >= 15 is 0 Å². The summed E-state index contributed by atoms with van der Waals surface area (Å²) in [4.78, 5) is 5.09. The van der Waals surface area contributed by atoms with Crippen LogP contribution < -0.4 is 5.73 Å². The maximum absolute atomic E-state index is 7.73. The minimum absolute atomic E-state index is 0.147. The molecule has 2 aliphatic heterocycles. The molecule has 0 aliphatic carbocycles. The number of nitrogens with two attached hydrogens (primary N) is 1. The Morgan fingerprint density at radius 3 is 2.82 bits per heavy atom. The van der Waals surface area contributed by atoms with E-state index in [1.165, 1.54) is 25.8 Å². The van der Waals surface area contributed by atoms with Crippen molar-refractivity contribution in [1.29, 1.82) is 5.41 Å². The summed E-state index contributed by atoms with van der Waals surface area (Å²) in [6, 6.07) is 1.38. The molecule has 0 aromatic heterocycles. The summed E-state index contributed by atoms with van der Waals surface area (Å²) in [5.74, 6) is 0.337. The summed E-state index contributed by atoms with van der Waals surface area (Å²) in [6.45, 7) is 7.91. The monoisotopic (exact) mass is 238 g/mol. The number of piperidine rings is 1. The quantitative estimate of drug-likeness (QED) is 0.575. The van der Waals surface area contributed by atoms with Gasteiger partial charge in [-0.05, 0) is 32.7 Å². The van der Waals surface area contributed by atoms with Gasteiger partial charge in [0.25, 0.3) is 0 Å². The summed E-state index contributed by atoms with van der Waals surface area (Å²) in [5.41, 5.74) is 5.74. The molecule has 17 heavy (non-hydrogen) atoms. The largest absolute Gasteiger partial charge is 0.386 e. The maximum Gasteiger partial charge on any atom is 0.108 e. The Bertz CT molecular complexity index is 279. The molecule has 0 bridgehead atoms. The van der Waals surface area contributed by atoms with E-state index in [9.17, 15) is 0 Å². The van der Waals surface area contributed by atoms with Crippen molar-refractivity contribution in [3.63, 3.8) is 0 Å². The van der Waals surface area contributed by atoms with E-state index in [2.05, 4.69) is 23.6 Å². The van der Waals surface area contributed by atoms with Crippen LogP contribution in [0.2, 0.25) is 0 Å². The number of amidine groups is 1. The predicted molar refractivity (Wildman–Crippen MR) is 71.4 cm³/mol. The Balaban J connectivity index is 2.05. The summed E-state index contributed by atoms with van der Waals surface area (Å²) in [5, 5.41) is 7.73. The van der Waals surface area contributed by atoms with Gasteiger partial charge in [-0.15, -0.1) is 0 Å². The Kier molecular flexibility index (Phi) is 4.05. The molecule has 0 aromatic carbocycles. The van der Waals surface area contributed by atoms with Gasteiger partial charge in [-0.1, -0.05) is 13.3 Å². The molecular weight excluding hydrogens is 212 g/mol. The number of piperazine rings is 1. The minimum Gasteiger partial charge on any atom is -0.386 e. The van der Waals surface area contributed by atoms with Gasteiger partial charge < -0.3 is 5.73 Å². The average molecular weight is 238 g/mol. The van der Waals surface area contributed by atoms with E-state index in [-0.39, 0.29) is 6.04 Å². The van der Waals surface area contributed by atoms with Crippen molar-refractivity contribution >= 4 is 5.84 Å². The maximum atomic E-state index is 7.73. The lowest BCUT2D eigenvalue weighted by atomic mass is 9.95. The van der Waals surface area contributed by atoms with Gasteiger partial charge in [0, 0.05) is 25.2 Å². The zero-order valence-electron chi connectivity index (χ0n) is 11.2. The summed E-state index contributed by atoms with van der Waals surface area (Å²) in [6.07, 6.45) is 4.98. The number of rotatable bonds is 3. The molecule has 0 amide bonds. The third-order valence-corrected chi connectivity index (χ3v) is 4.38. The van der Waals surface area contributed by atoms with Gasteiger partial charge in [-0.3, -0.25) is 15.2 Å². The Hall–Kier alpha value is -0.610. The second kappa shape index (κ2) is 5.36. The number of fused-ring (bicyclic) bond motifs is 1. The lowest BCUT2D eigenvalue weighted by Gasteiger charge is -2.49. The highest BCUT2D eigenvalue weighted by Crippen LogP contribution is 2.25. The van der Waals surface area contributed by atoms with Crippen molar-refractivity contribution in [1.82, 2.24) is 9.80 Å². The van der Waals surface area contributed by atoms with Crippen LogP contribution in [0.5, 0.6) is 0 Å². The molecule has 4 nitrogen and oxygen atoms in total. The summed E-state index contributed by atoms with van der Waals surface area (Å²) in [7, 11) is 0. The molecule has 98 valence electrons. The standard InChI is InChI=1S/C13H26N4/c1-3-12(13(14)15)17-9-11-6-4-5-7-16(11)8-10(17)2/h10-12H,3-9H2,1-2H3,(H3,14,15). The Morgan fingerprint density at radius 2 is 2.18 bits per heavy atom. The van der Waals surface area contributed by atoms with Crippen molar-refractivity contribution in [2.45, 2.75) is 57.7 Å². The molecule has 3 atom stereocenters. The molecule has 0 spiro atoms. The number of hydrogen-bond acceptors (Lipinski definition) is 3. The minimum atomic E-state index is 0.147. The zero-order chi connectivity index (χ0) is 12.4. The van der Waals surface area contributed by atoms with Crippen LogP contribution in [0.25, 0.3) is 0 Å². The lowest BCUT2D eigenvalue weighted by molar-refractivity contribution is 0.00452. The van der Waals surface area contributed by atoms with Gasteiger partial charge in [-0.2, -0.15) is 0 Å². The zero-order valence-corrected chi connectivity index (χ0v) is 11.2. The second-order valence-electron chi connectivity index (χ2n) is 5.57. The average Bonchev–Trinajstić information content (AvgIpc) is 2.30. The van der Waals surface area contributed by atoms with Crippen LogP contribution in [-0.4, -0.2) is 53.4 Å². The van der Waals surface area contributed by atoms with Crippen molar-refractivity contribution < 1.29 is 0 Å². The first-order chi connectivity index (χ1) is 8.13. The molecule has 3 unspecified atom stereocenters. The molecule has 0 saturated carbocycles. The van der Waals surface area contributed by atoms with Crippen LogP contribution in [0.4, 0.5) is 0 Å². The van der Waals surface area contributed by atoms with Crippen LogP contribution in [-0.2, 0) is 0 Å². The van der Waals surface area contributed by atoms with Gasteiger partial charge in [0.15, 0.2) is 0 Å². The number of nitrogens with one attached hydrogen (secondary N) is 1. The van der Waals surface area contributed by atoms with E-state index < -0.39 is 0 Å². The number of hydrogen-bond donors (Lipinski definition) is 2. The SMILES string of the molecule is CCC(C(=N)N)N1CC2CCCCN2CC1C. The predicted octanol–water partition coefficient (Wildman–Crippen LogP) is 1.26. The van der Waals surface area contributed by atoms with E-state index in [1.807, 2.05) is 0 Å². The van der Waals surface area contributed by atoms with Crippen molar-refractivity contribution in [2.75, 3.05) is 19.6 Å². The third kappa shape index (κ3) is 2.63. The van der Waals surface area contributed by atoms with E-state index in [0.717, 1.165) is 19.5 Å². The molecule has 2 saturated heterocycles. The van der Waals surface area contributed by atoms with E-state index in [1.54, 1.807) is 0 Å². The molecule has 2 aliphatic rings. The highest BCUT2D eigenvalue weighted by molar-refractivity contribution is 5.82. The van der Waals surface area contributed by atoms with E-state index in [4.69, 9.17) is 11.1 Å². The fourth-order valence-electron chi connectivity index (χ4n) is 3.44. The van der Waals surface area contributed by atoms with Gasteiger partial charge in [-0.25, -0.2) is 0 Å². The van der Waals surface area contributed by atoms with Gasteiger partial charge in [0.1, 0.15) is 5.84 Å². The molecule has 2 fully saturated rings. The van der Waals surface area contributed by atoms with Crippen molar-refractivity contribution in [3.8, 4) is 0 Å².